The van der Waals surface area contributed by atoms with E-state index in [4.69, 9.17) is 0 Å². The molecule has 0 aliphatic carbocycles. The summed E-state index contributed by atoms with van der Waals surface area (Å²) in [5, 5.41) is 3.30. The Morgan fingerprint density at radius 3 is 2.22 bits per heavy atom. The van der Waals surface area contributed by atoms with Gasteiger partial charge >= 0.3 is 0 Å². The van der Waals surface area contributed by atoms with Gasteiger partial charge in [-0.2, -0.15) is 0 Å². The molecular formula is C23H32N3O+. The summed E-state index contributed by atoms with van der Waals surface area (Å²) in [5.74, 6) is 0.167. The number of piperazine rings is 1. The third-order valence-corrected chi connectivity index (χ3v) is 5.63. The topological polar surface area (TPSA) is 36.8 Å². The Hall–Kier alpha value is -2.33. The fraction of sp³-hybridized carbons (Fsp3) is 0.435. The number of quaternary nitrogens is 1. The second-order valence-electron chi connectivity index (χ2n) is 7.46. The molecule has 0 saturated carbocycles. The molecule has 1 saturated heterocycles. The van der Waals surface area contributed by atoms with Gasteiger partial charge in [0, 0.05) is 5.69 Å². The van der Waals surface area contributed by atoms with E-state index in [1.807, 2.05) is 18.2 Å². The predicted octanol–water partition coefficient (Wildman–Crippen LogP) is 2.44. The van der Waals surface area contributed by atoms with Gasteiger partial charge in [0.2, 0.25) is 0 Å². The number of carbonyl (C=O) groups excluding carboxylic acids is 1. The van der Waals surface area contributed by atoms with Crippen molar-refractivity contribution in [3.05, 3.63) is 66.2 Å². The number of amides is 1. The summed E-state index contributed by atoms with van der Waals surface area (Å²) in [6.45, 7) is 8.21. The normalized spacial score (nSPS) is 17.3. The van der Waals surface area contributed by atoms with Gasteiger partial charge in [0.25, 0.3) is 5.91 Å². The van der Waals surface area contributed by atoms with Crippen LogP contribution < -0.4 is 15.1 Å². The second-order valence-corrected chi connectivity index (χ2v) is 7.46. The number of para-hydroxylation sites is 1. The molecule has 1 amide bonds. The molecule has 4 nitrogen and oxygen atoms in total. The number of nitrogens with zero attached hydrogens (tertiary/aromatic N) is 1. The standard InChI is InChI=1S/C23H31N3O/c1-3-10-22(20-11-6-4-7-12-20)24-23(27)19(2)25-15-17-26(18-16-25)21-13-8-5-9-14-21/h4-9,11-14,19,22H,3,10,15-18H2,1-2H3,(H,24,27)/p+1/t19-,22-/m0/s1. The molecule has 144 valence electrons. The highest BCUT2D eigenvalue weighted by atomic mass is 16.2. The van der Waals surface area contributed by atoms with E-state index < -0.39 is 0 Å². The number of rotatable bonds is 7. The molecule has 2 aromatic carbocycles. The third-order valence-electron chi connectivity index (χ3n) is 5.63. The lowest BCUT2D eigenvalue weighted by atomic mass is 10.0. The fourth-order valence-corrected chi connectivity index (χ4v) is 3.90. The van der Waals surface area contributed by atoms with E-state index in [0.717, 1.165) is 39.0 Å². The molecule has 2 atom stereocenters. The molecule has 1 fully saturated rings. The van der Waals surface area contributed by atoms with E-state index >= 15 is 0 Å². The van der Waals surface area contributed by atoms with Crippen LogP contribution in [0.4, 0.5) is 5.69 Å². The lowest BCUT2D eigenvalue weighted by Crippen LogP contribution is -3.19. The highest BCUT2D eigenvalue weighted by Crippen LogP contribution is 2.18. The molecular weight excluding hydrogens is 334 g/mol. The minimum atomic E-state index is -0.0222. The van der Waals surface area contributed by atoms with Crippen molar-refractivity contribution in [3.8, 4) is 0 Å². The van der Waals surface area contributed by atoms with Crippen LogP contribution in [0.3, 0.4) is 0 Å². The number of hydrogen-bond acceptors (Lipinski definition) is 2. The van der Waals surface area contributed by atoms with E-state index in [-0.39, 0.29) is 18.0 Å². The number of carbonyl (C=O) groups is 1. The van der Waals surface area contributed by atoms with Crippen molar-refractivity contribution in [2.24, 2.45) is 0 Å². The summed E-state index contributed by atoms with van der Waals surface area (Å²) < 4.78 is 0. The van der Waals surface area contributed by atoms with Gasteiger partial charge in [-0.25, -0.2) is 0 Å². The van der Waals surface area contributed by atoms with Gasteiger partial charge in [0.05, 0.1) is 32.2 Å². The van der Waals surface area contributed by atoms with Crippen molar-refractivity contribution in [3.63, 3.8) is 0 Å². The molecule has 3 rings (SSSR count). The maximum absolute atomic E-state index is 12.9. The van der Waals surface area contributed by atoms with Gasteiger partial charge in [-0.05, 0) is 31.0 Å². The summed E-state index contributed by atoms with van der Waals surface area (Å²) in [7, 11) is 0. The van der Waals surface area contributed by atoms with Crippen LogP contribution in [0.25, 0.3) is 0 Å². The van der Waals surface area contributed by atoms with Gasteiger partial charge in [-0.15, -0.1) is 0 Å². The van der Waals surface area contributed by atoms with Crippen molar-refractivity contribution in [1.29, 1.82) is 0 Å². The van der Waals surface area contributed by atoms with Gasteiger partial charge < -0.3 is 15.1 Å². The van der Waals surface area contributed by atoms with E-state index in [2.05, 4.69) is 66.5 Å². The van der Waals surface area contributed by atoms with Crippen LogP contribution in [-0.4, -0.2) is 38.1 Å². The first-order chi connectivity index (χ1) is 13.2. The van der Waals surface area contributed by atoms with Crippen LogP contribution in [0.1, 0.15) is 38.3 Å². The van der Waals surface area contributed by atoms with E-state index in [0.29, 0.717) is 0 Å². The first kappa shape index (κ1) is 19.4. The number of nitrogens with one attached hydrogen (secondary N) is 2. The largest absolute Gasteiger partial charge is 0.360 e. The van der Waals surface area contributed by atoms with Crippen LogP contribution in [0.2, 0.25) is 0 Å². The Labute approximate surface area is 163 Å². The molecule has 0 bridgehead atoms. The van der Waals surface area contributed by atoms with Gasteiger partial charge in [0.15, 0.2) is 6.04 Å². The quantitative estimate of drug-likeness (QED) is 0.790. The molecule has 0 spiro atoms. The molecule has 1 aliphatic heterocycles. The first-order valence-corrected chi connectivity index (χ1v) is 10.2. The molecule has 2 N–H and O–H groups in total. The average molecular weight is 367 g/mol. The number of benzene rings is 2. The number of anilines is 1. The zero-order valence-corrected chi connectivity index (χ0v) is 16.5. The van der Waals surface area contributed by atoms with Crippen LogP contribution in [-0.2, 0) is 4.79 Å². The molecule has 1 heterocycles. The van der Waals surface area contributed by atoms with Crippen molar-refractivity contribution in [1.82, 2.24) is 5.32 Å². The molecule has 0 radical (unpaired) electrons. The van der Waals surface area contributed by atoms with Crippen LogP contribution >= 0.6 is 0 Å². The highest BCUT2D eigenvalue weighted by molar-refractivity contribution is 5.80. The smallest absolute Gasteiger partial charge is 0.278 e. The monoisotopic (exact) mass is 366 g/mol. The third kappa shape index (κ3) is 5.10. The highest BCUT2D eigenvalue weighted by Gasteiger charge is 2.30. The van der Waals surface area contributed by atoms with Crippen molar-refractivity contribution >= 4 is 11.6 Å². The Balaban J connectivity index is 1.55. The van der Waals surface area contributed by atoms with Gasteiger partial charge in [-0.3, -0.25) is 4.79 Å². The maximum Gasteiger partial charge on any atom is 0.278 e. The Morgan fingerprint density at radius 1 is 1.04 bits per heavy atom. The molecule has 1 aliphatic rings. The minimum absolute atomic E-state index is 0.0222. The van der Waals surface area contributed by atoms with Crippen LogP contribution in [0.5, 0.6) is 0 Å². The van der Waals surface area contributed by atoms with Gasteiger partial charge in [0.1, 0.15) is 0 Å². The molecule has 0 aromatic heterocycles. The van der Waals surface area contributed by atoms with Crippen molar-refractivity contribution < 1.29 is 9.69 Å². The van der Waals surface area contributed by atoms with Crippen LogP contribution in [0, 0.1) is 0 Å². The summed E-state index contributed by atoms with van der Waals surface area (Å²) in [5.41, 5.74) is 2.48. The number of hydrogen-bond donors (Lipinski definition) is 2. The van der Waals surface area contributed by atoms with Gasteiger partial charge in [-0.1, -0.05) is 61.9 Å². The molecule has 4 heteroatoms. The first-order valence-electron chi connectivity index (χ1n) is 10.2. The Bertz CT molecular complexity index is 696. The lowest BCUT2D eigenvalue weighted by Gasteiger charge is -2.36. The predicted molar refractivity (Wildman–Crippen MR) is 111 cm³/mol. The van der Waals surface area contributed by atoms with Crippen LogP contribution in [0.15, 0.2) is 60.7 Å². The minimum Gasteiger partial charge on any atom is -0.360 e. The van der Waals surface area contributed by atoms with Crippen molar-refractivity contribution in [2.75, 3.05) is 31.1 Å². The summed E-state index contributed by atoms with van der Waals surface area (Å²) >= 11 is 0. The lowest BCUT2D eigenvalue weighted by molar-refractivity contribution is -0.914. The second kappa shape index (κ2) is 9.56. The summed E-state index contributed by atoms with van der Waals surface area (Å²) in [6.07, 6.45) is 2.02. The Kier molecular flexibility index (Phi) is 6.88. The van der Waals surface area contributed by atoms with E-state index in [1.54, 1.807) is 0 Å². The molecule has 27 heavy (non-hydrogen) atoms. The van der Waals surface area contributed by atoms with E-state index in [9.17, 15) is 4.79 Å². The SMILES string of the molecule is CCC[C@H](NC(=O)[C@H](C)[NH+]1CCN(c2ccccc2)CC1)c1ccccc1. The molecule has 0 unspecified atom stereocenters. The fourth-order valence-electron chi connectivity index (χ4n) is 3.90. The maximum atomic E-state index is 12.9. The summed E-state index contributed by atoms with van der Waals surface area (Å²) in [6, 6.07) is 21.0. The zero-order chi connectivity index (χ0) is 19.1. The summed E-state index contributed by atoms with van der Waals surface area (Å²) in [4.78, 5) is 16.7. The molecule has 2 aromatic rings. The van der Waals surface area contributed by atoms with Crippen molar-refractivity contribution in [2.45, 2.75) is 38.8 Å². The zero-order valence-electron chi connectivity index (χ0n) is 16.5. The average Bonchev–Trinajstić information content (AvgIpc) is 2.74. The Morgan fingerprint density at radius 2 is 1.63 bits per heavy atom. The van der Waals surface area contributed by atoms with E-state index in [1.165, 1.54) is 16.2 Å².